The SMILES string of the molecule is CCOc1ccc(S(=O)(=O)NCCC(=O)NCCN2C(=O)S/C(=C/c3ccccc3)C2=O)cc1. The Kier molecular flexibility index (Phi) is 8.85. The number of hydrogen-bond acceptors (Lipinski definition) is 7. The number of ether oxygens (including phenoxy) is 1. The van der Waals surface area contributed by atoms with E-state index in [9.17, 15) is 22.8 Å². The number of hydrogen-bond donors (Lipinski definition) is 2. The van der Waals surface area contributed by atoms with E-state index in [0.29, 0.717) is 17.3 Å². The van der Waals surface area contributed by atoms with Crippen LogP contribution < -0.4 is 14.8 Å². The topological polar surface area (TPSA) is 122 Å². The second-order valence-electron chi connectivity index (χ2n) is 7.15. The van der Waals surface area contributed by atoms with Gasteiger partial charge < -0.3 is 10.1 Å². The van der Waals surface area contributed by atoms with Gasteiger partial charge >= 0.3 is 0 Å². The van der Waals surface area contributed by atoms with E-state index in [1.54, 1.807) is 18.2 Å². The molecule has 34 heavy (non-hydrogen) atoms. The Balaban J connectivity index is 1.41. The molecule has 0 saturated carbocycles. The second-order valence-corrected chi connectivity index (χ2v) is 9.91. The Bertz CT molecular complexity index is 1160. The van der Waals surface area contributed by atoms with Crippen molar-refractivity contribution < 1.29 is 27.5 Å². The first-order valence-corrected chi connectivity index (χ1v) is 12.9. The van der Waals surface area contributed by atoms with Crippen LogP contribution in [0, 0.1) is 0 Å². The fraction of sp³-hybridized carbons (Fsp3) is 0.261. The molecule has 0 spiro atoms. The average molecular weight is 504 g/mol. The third kappa shape index (κ3) is 6.92. The molecule has 0 unspecified atom stereocenters. The smallest absolute Gasteiger partial charge is 0.293 e. The van der Waals surface area contributed by atoms with Crippen molar-refractivity contribution >= 4 is 44.9 Å². The van der Waals surface area contributed by atoms with Gasteiger partial charge in [0.05, 0.1) is 16.4 Å². The molecule has 3 rings (SSSR count). The molecule has 0 aromatic heterocycles. The second kappa shape index (κ2) is 11.8. The standard InChI is InChI=1S/C23H25N3O6S2/c1-2-32-18-8-10-19(11-9-18)34(30,31)25-13-12-21(27)24-14-15-26-22(28)20(33-23(26)29)16-17-6-4-3-5-7-17/h3-11,16,25H,2,12-15H2,1H3,(H,24,27)/b20-16+. The molecular formula is C23H25N3O6S2. The summed E-state index contributed by atoms with van der Waals surface area (Å²) >= 11 is 0.855. The Hall–Kier alpha value is -3.15. The van der Waals surface area contributed by atoms with Crippen LogP contribution in [0.1, 0.15) is 18.9 Å². The number of carbonyl (C=O) groups is 3. The van der Waals surface area contributed by atoms with Crippen LogP contribution in [0.3, 0.4) is 0 Å². The van der Waals surface area contributed by atoms with E-state index >= 15 is 0 Å². The van der Waals surface area contributed by atoms with Crippen molar-refractivity contribution in [2.75, 3.05) is 26.2 Å². The van der Waals surface area contributed by atoms with Crippen LogP contribution in [0.15, 0.2) is 64.4 Å². The van der Waals surface area contributed by atoms with Crippen molar-refractivity contribution in [3.63, 3.8) is 0 Å². The first-order chi connectivity index (χ1) is 16.3. The molecular weight excluding hydrogens is 478 g/mol. The van der Waals surface area contributed by atoms with Gasteiger partial charge in [0.1, 0.15) is 5.75 Å². The van der Waals surface area contributed by atoms with E-state index in [2.05, 4.69) is 10.0 Å². The minimum Gasteiger partial charge on any atom is -0.494 e. The van der Waals surface area contributed by atoms with Gasteiger partial charge in [-0.2, -0.15) is 0 Å². The molecule has 2 aromatic carbocycles. The van der Waals surface area contributed by atoms with E-state index in [1.165, 1.54) is 12.1 Å². The summed E-state index contributed by atoms with van der Waals surface area (Å²) in [5.41, 5.74) is 0.814. The normalized spacial score (nSPS) is 15.1. The lowest BCUT2D eigenvalue weighted by Gasteiger charge is -2.13. The van der Waals surface area contributed by atoms with Crippen LogP contribution >= 0.6 is 11.8 Å². The minimum absolute atomic E-state index is 0.0282. The molecule has 3 amide bonds. The van der Waals surface area contributed by atoms with Crippen LogP contribution in [0.2, 0.25) is 0 Å². The van der Waals surface area contributed by atoms with Gasteiger partial charge in [-0.15, -0.1) is 0 Å². The Morgan fingerprint density at radius 2 is 1.76 bits per heavy atom. The van der Waals surface area contributed by atoms with Crippen molar-refractivity contribution in [2.45, 2.75) is 18.2 Å². The van der Waals surface area contributed by atoms with Crippen molar-refractivity contribution in [2.24, 2.45) is 0 Å². The molecule has 1 aliphatic heterocycles. The first-order valence-electron chi connectivity index (χ1n) is 10.6. The highest BCUT2D eigenvalue weighted by molar-refractivity contribution is 8.18. The molecule has 1 fully saturated rings. The fourth-order valence-corrected chi connectivity index (χ4v) is 4.95. The summed E-state index contributed by atoms with van der Waals surface area (Å²) in [4.78, 5) is 38.2. The summed E-state index contributed by atoms with van der Waals surface area (Å²) < 4.78 is 32.3. The molecule has 1 saturated heterocycles. The van der Waals surface area contributed by atoms with Crippen molar-refractivity contribution in [1.82, 2.24) is 14.9 Å². The average Bonchev–Trinajstić information content (AvgIpc) is 3.07. The summed E-state index contributed by atoms with van der Waals surface area (Å²) in [5.74, 6) is -0.241. The van der Waals surface area contributed by atoms with Gasteiger partial charge in [-0.1, -0.05) is 30.3 Å². The van der Waals surface area contributed by atoms with E-state index < -0.39 is 27.1 Å². The summed E-state index contributed by atoms with van der Waals surface area (Å²) in [5, 5.41) is 2.20. The summed E-state index contributed by atoms with van der Waals surface area (Å²) in [6, 6.07) is 15.2. The molecule has 11 heteroatoms. The molecule has 1 heterocycles. The number of sulfonamides is 1. The third-order valence-electron chi connectivity index (χ3n) is 4.72. The summed E-state index contributed by atoms with van der Waals surface area (Å²) in [7, 11) is -3.76. The number of nitrogens with one attached hydrogen (secondary N) is 2. The number of carbonyl (C=O) groups excluding carboxylic acids is 3. The van der Waals surface area contributed by atoms with Crippen LogP contribution in [0.5, 0.6) is 5.75 Å². The van der Waals surface area contributed by atoms with E-state index in [-0.39, 0.29) is 31.0 Å². The monoisotopic (exact) mass is 503 g/mol. The molecule has 0 atom stereocenters. The number of imide groups is 1. The van der Waals surface area contributed by atoms with Crippen LogP contribution in [0.25, 0.3) is 6.08 Å². The van der Waals surface area contributed by atoms with Gasteiger partial charge in [0.2, 0.25) is 15.9 Å². The molecule has 0 bridgehead atoms. The van der Waals surface area contributed by atoms with Gasteiger partial charge in [-0.05, 0) is 54.6 Å². The maximum absolute atomic E-state index is 12.5. The minimum atomic E-state index is -3.76. The maximum atomic E-state index is 12.5. The Morgan fingerprint density at radius 1 is 1.06 bits per heavy atom. The van der Waals surface area contributed by atoms with Crippen molar-refractivity contribution in [3.05, 3.63) is 65.1 Å². The van der Waals surface area contributed by atoms with Crippen LogP contribution in [0.4, 0.5) is 4.79 Å². The first kappa shape index (κ1) is 25.5. The predicted molar refractivity (Wildman–Crippen MR) is 130 cm³/mol. The zero-order chi connectivity index (χ0) is 24.6. The molecule has 2 N–H and O–H groups in total. The summed E-state index contributed by atoms with van der Waals surface area (Å²) in [6.07, 6.45) is 1.56. The number of nitrogens with zero attached hydrogens (tertiary/aromatic N) is 1. The number of benzene rings is 2. The van der Waals surface area contributed by atoms with Crippen molar-refractivity contribution in [3.8, 4) is 5.75 Å². The van der Waals surface area contributed by atoms with E-state index in [1.807, 2.05) is 37.3 Å². The third-order valence-corrected chi connectivity index (χ3v) is 7.10. The van der Waals surface area contributed by atoms with Gasteiger partial charge in [-0.25, -0.2) is 13.1 Å². The molecule has 1 aliphatic rings. The van der Waals surface area contributed by atoms with E-state index in [0.717, 1.165) is 22.2 Å². The molecule has 180 valence electrons. The lowest BCUT2D eigenvalue weighted by atomic mass is 10.2. The quantitative estimate of drug-likeness (QED) is 0.452. The fourth-order valence-electron chi connectivity index (χ4n) is 3.05. The summed E-state index contributed by atoms with van der Waals surface area (Å²) in [6.45, 7) is 2.31. The van der Waals surface area contributed by atoms with Gasteiger partial charge in [-0.3, -0.25) is 19.3 Å². The van der Waals surface area contributed by atoms with E-state index in [4.69, 9.17) is 4.74 Å². The van der Waals surface area contributed by atoms with Crippen LogP contribution in [-0.2, 0) is 19.6 Å². The molecule has 2 aromatic rings. The number of thioether (sulfide) groups is 1. The lowest BCUT2D eigenvalue weighted by Crippen LogP contribution is -2.38. The molecule has 0 radical (unpaired) electrons. The number of amides is 3. The van der Waals surface area contributed by atoms with Crippen LogP contribution in [-0.4, -0.2) is 56.6 Å². The highest BCUT2D eigenvalue weighted by Crippen LogP contribution is 2.31. The van der Waals surface area contributed by atoms with Gasteiger partial charge in [0, 0.05) is 26.1 Å². The zero-order valence-electron chi connectivity index (χ0n) is 18.5. The lowest BCUT2D eigenvalue weighted by molar-refractivity contribution is -0.124. The Labute approximate surface area is 202 Å². The van der Waals surface area contributed by atoms with Crippen molar-refractivity contribution in [1.29, 1.82) is 0 Å². The van der Waals surface area contributed by atoms with Gasteiger partial charge in [0.15, 0.2) is 0 Å². The number of rotatable bonds is 11. The largest absolute Gasteiger partial charge is 0.494 e. The maximum Gasteiger partial charge on any atom is 0.293 e. The zero-order valence-corrected chi connectivity index (χ0v) is 20.2. The van der Waals surface area contributed by atoms with Gasteiger partial charge in [0.25, 0.3) is 11.1 Å². The highest BCUT2D eigenvalue weighted by atomic mass is 32.2. The Morgan fingerprint density at radius 3 is 2.44 bits per heavy atom. The molecule has 9 nitrogen and oxygen atoms in total. The predicted octanol–water partition coefficient (Wildman–Crippen LogP) is 2.61. The molecule has 0 aliphatic carbocycles. The highest BCUT2D eigenvalue weighted by Gasteiger charge is 2.34.